The maximum atomic E-state index is 12.9. The summed E-state index contributed by atoms with van der Waals surface area (Å²) in [5.41, 5.74) is -1.24. The standard InChI is InChI=1S/C24H34O6/c1-3-5-7-9-11-13-19(25)17-15-16-18(23(27)28)22(24(29)30)21(17)20(26)14-12-10-8-6-4-2/h15-16H,3-14H2,1-2H3,(H,27,28)(H,29,30). The third-order valence-corrected chi connectivity index (χ3v) is 5.24. The highest BCUT2D eigenvalue weighted by molar-refractivity contribution is 6.17. The van der Waals surface area contributed by atoms with E-state index in [1.807, 2.05) is 0 Å². The van der Waals surface area contributed by atoms with Gasteiger partial charge in [0.05, 0.1) is 11.1 Å². The molecule has 0 unspecified atom stereocenters. The summed E-state index contributed by atoms with van der Waals surface area (Å²) in [7, 11) is 0. The van der Waals surface area contributed by atoms with Crippen molar-refractivity contribution in [3.05, 3.63) is 34.4 Å². The highest BCUT2D eigenvalue weighted by Gasteiger charge is 2.28. The first-order valence-electron chi connectivity index (χ1n) is 11.0. The highest BCUT2D eigenvalue weighted by atomic mass is 16.4. The third kappa shape index (κ3) is 7.73. The summed E-state index contributed by atoms with van der Waals surface area (Å²) in [4.78, 5) is 49.1. The maximum Gasteiger partial charge on any atom is 0.337 e. The van der Waals surface area contributed by atoms with Crippen LogP contribution < -0.4 is 0 Å². The van der Waals surface area contributed by atoms with Gasteiger partial charge in [0, 0.05) is 24.0 Å². The Morgan fingerprint density at radius 2 is 1.07 bits per heavy atom. The van der Waals surface area contributed by atoms with Gasteiger partial charge in [-0.3, -0.25) is 9.59 Å². The molecule has 0 radical (unpaired) electrons. The quantitative estimate of drug-likeness (QED) is 0.245. The van der Waals surface area contributed by atoms with Gasteiger partial charge in [-0.25, -0.2) is 9.59 Å². The van der Waals surface area contributed by atoms with Crippen LogP contribution in [-0.4, -0.2) is 33.7 Å². The van der Waals surface area contributed by atoms with E-state index in [1.54, 1.807) is 0 Å². The lowest BCUT2D eigenvalue weighted by Gasteiger charge is -2.14. The van der Waals surface area contributed by atoms with Crippen molar-refractivity contribution in [2.45, 2.75) is 90.9 Å². The second kappa shape index (κ2) is 13.7. The van der Waals surface area contributed by atoms with E-state index < -0.39 is 28.8 Å². The molecule has 1 rings (SSSR count). The van der Waals surface area contributed by atoms with Crippen LogP contribution in [0.4, 0.5) is 0 Å². The summed E-state index contributed by atoms with van der Waals surface area (Å²) >= 11 is 0. The Morgan fingerprint density at radius 1 is 0.600 bits per heavy atom. The van der Waals surface area contributed by atoms with Crippen molar-refractivity contribution in [2.24, 2.45) is 0 Å². The molecule has 0 amide bonds. The Bertz CT molecular complexity index is 750. The van der Waals surface area contributed by atoms with Crippen molar-refractivity contribution in [2.75, 3.05) is 0 Å². The van der Waals surface area contributed by atoms with Gasteiger partial charge in [0.25, 0.3) is 0 Å². The molecule has 166 valence electrons. The van der Waals surface area contributed by atoms with Gasteiger partial charge in [0.2, 0.25) is 0 Å². The number of ketones is 2. The number of hydrogen-bond acceptors (Lipinski definition) is 4. The molecule has 0 aliphatic heterocycles. The van der Waals surface area contributed by atoms with Gasteiger partial charge in [0.1, 0.15) is 0 Å². The van der Waals surface area contributed by atoms with Crippen LogP contribution in [0.1, 0.15) is 132 Å². The normalized spacial score (nSPS) is 10.7. The van der Waals surface area contributed by atoms with Crippen LogP contribution in [0.15, 0.2) is 12.1 Å². The monoisotopic (exact) mass is 418 g/mol. The van der Waals surface area contributed by atoms with E-state index in [-0.39, 0.29) is 29.8 Å². The molecular weight excluding hydrogens is 384 g/mol. The van der Waals surface area contributed by atoms with Crippen LogP contribution in [-0.2, 0) is 0 Å². The van der Waals surface area contributed by atoms with Crippen molar-refractivity contribution in [3.8, 4) is 0 Å². The van der Waals surface area contributed by atoms with E-state index in [0.717, 1.165) is 57.4 Å². The van der Waals surface area contributed by atoms with Gasteiger partial charge in [-0.2, -0.15) is 0 Å². The lowest BCUT2D eigenvalue weighted by molar-refractivity contribution is 0.0649. The van der Waals surface area contributed by atoms with Gasteiger partial charge in [0.15, 0.2) is 11.6 Å². The molecule has 6 nitrogen and oxygen atoms in total. The molecule has 30 heavy (non-hydrogen) atoms. The molecule has 0 bridgehead atoms. The van der Waals surface area contributed by atoms with Crippen LogP contribution in [0.2, 0.25) is 0 Å². The SMILES string of the molecule is CCCCCCCC(=O)c1ccc(C(=O)O)c(C(=O)O)c1C(=O)CCCCCCC. The zero-order valence-corrected chi connectivity index (χ0v) is 18.2. The van der Waals surface area contributed by atoms with Crippen molar-refractivity contribution in [3.63, 3.8) is 0 Å². The third-order valence-electron chi connectivity index (χ3n) is 5.24. The molecule has 0 fully saturated rings. The number of carbonyl (C=O) groups is 4. The molecule has 1 aromatic rings. The van der Waals surface area contributed by atoms with E-state index in [0.29, 0.717) is 12.8 Å². The summed E-state index contributed by atoms with van der Waals surface area (Å²) in [5, 5.41) is 19.0. The predicted molar refractivity (Wildman–Crippen MR) is 116 cm³/mol. The van der Waals surface area contributed by atoms with Crippen molar-refractivity contribution < 1.29 is 29.4 Å². The molecule has 6 heteroatoms. The van der Waals surface area contributed by atoms with E-state index >= 15 is 0 Å². The van der Waals surface area contributed by atoms with Crippen LogP contribution in [0.3, 0.4) is 0 Å². The maximum absolute atomic E-state index is 12.9. The van der Waals surface area contributed by atoms with E-state index in [2.05, 4.69) is 13.8 Å². The second-order valence-corrected chi connectivity index (χ2v) is 7.70. The molecule has 0 atom stereocenters. The number of hydrogen-bond donors (Lipinski definition) is 2. The number of aromatic carboxylic acids is 2. The molecule has 0 heterocycles. The molecule has 0 spiro atoms. The van der Waals surface area contributed by atoms with Crippen molar-refractivity contribution in [1.82, 2.24) is 0 Å². The van der Waals surface area contributed by atoms with Crippen molar-refractivity contribution in [1.29, 1.82) is 0 Å². The van der Waals surface area contributed by atoms with Crippen LogP contribution in [0, 0.1) is 0 Å². The van der Waals surface area contributed by atoms with Gasteiger partial charge < -0.3 is 10.2 Å². The first-order valence-corrected chi connectivity index (χ1v) is 11.0. The van der Waals surface area contributed by atoms with Crippen LogP contribution in [0.5, 0.6) is 0 Å². The van der Waals surface area contributed by atoms with Gasteiger partial charge in [-0.15, -0.1) is 0 Å². The van der Waals surface area contributed by atoms with E-state index in [1.165, 1.54) is 6.07 Å². The number of Topliss-reactive ketones (excluding diaryl/α,β-unsaturated/α-hetero) is 2. The summed E-state index contributed by atoms with van der Waals surface area (Å²) < 4.78 is 0. The van der Waals surface area contributed by atoms with E-state index in [4.69, 9.17) is 0 Å². The Balaban J connectivity index is 3.15. The largest absolute Gasteiger partial charge is 0.478 e. The predicted octanol–water partition coefficient (Wildman–Crippen LogP) is 6.17. The lowest BCUT2D eigenvalue weighted by atomic mass is 9.88. The topological polar surface area (TPSA) is 109 Å². The average molecular weight is 419 g/mol. The minimum absolute atomic E-state index is 0.0337. The summed E-state index contributed by atoms with van der Waals surface area (Å²) in [5.74, 6) is -3.70. The van der Waals surface area contributed by atoms with Gasteiger partial charge >= 0.3 is 11.9 Å². The summed E-state index contributed by atoms with van der Waals surface area (Å²) in [6.07, 6.45) is 9.58. The van der Waals surface area contributed by atoms with Gasteiger partial charge in [-0.1, -0.05) is 65.2 Å². The smallest absolute Gasteiger partial charge is 0.337 e. The summed E-state index contributed by atoms with van der Waals surface area (Å²) in [6, 6.07) is 2.42. The fourth-order valence-electron chi connectivity index (χ4n) is 3.56. The van der Waals surface area contributed by atoms with E-state index in [9.17, 15) is 29.4 Å². The van der Waals surface area contributed by atoms with Gasteiger partial charge in [-0.05, 0) is 25.0 Å². The Morgan fingerprint density at radius 3 is 1.53 bits per heavy atom. The Labute approximate surface area is 178 Å². The fourth-order valence-corrected chi connectivity index (χ4v) is 3.56. The molecule has 0 aliphatic carbocycles. The zero-order chi connectivity index (χ0) is 22.5. The number of benzene rings is 1. The number of unbranched alkanes of at least 4 members (excludes halogenated alkanes) is 8. The molecular formula is C24H34O6. The molecule has 0 saturated heterocycles. The minimum Gasteiger partial charge on any atom is -0.478 e. The van der Waals surface area contributed by atoms with Crippen LogP contribution in [0.25, 0.3) is 0 Å². The molecule has 2 N–H and O–H groups in total. The van der Waals surface area contributed by atoms with Crippen LogP contribution >= 0.6 is 0 Å². The molecule has 1 aromatic carbocycles. The fraction of sp³-hybridized carbons (Fsp3) is 0.583. The van der Waals surface area contributed by atoms with Crippen molar-refractivity contribution >= 4 is 23.5 Å². The lowest BCUT2D eigenvalue weighted by Crippen LogP contribution is -2.19. The number of carboxylic acids is 2. The average Bonchev–Trinajstić information content (AvgIpc) is 2.71. The molecule has 0 saturated carbocycles. The second-order valence-electron chi connectivity index (χ2n) is 7.70. The Hall–Kier alpha value is -2.50. The number of carboxylic acid groups (broad SMARTS) is 2. The first-order chi connectivity index (χ1) is 14.3. The number of rotatable bonds is 16. The molecule has 0 aromatic heterocycles. The zero-order valence-electron chi connectivity index (χ0n) is 18.2. The molecule has 0 aliphatic rings. The minimum atomic E-state index is -1.50. The number of carbonyl (C=O) groups excluding carboxylic acids is 2. The first kappa shape index (κ1) is 25.5. The highest BCUT2D eigenvalue weighted by Crippen LogP contribution is 2.25. The summed E-state index contributed by atoms with van der Waals surface area (Å²) in [6.45, 7) is 4.19. The Kier molecular flexibility index (Phi) is 11.6.